The average molecular weight is 370 g/mol. The molecule has 1 unspecified atom stereocenters. The summed E-state index contributed by atoms with van der Waals surface area (Å²) in [5.74, 6) is 0.745. The molecule has 3 heterocycles. The number of piperidine rings is 1. The Morgan fingerprint density at radius 2 is 2.22 bits per heavy atom. The van der Waals surface area contributed by atoms with Crippen molar-refractivity contribution in [2.24, 2.45) is 5.92 Å². The molecule has 0 bridgehead atoms. The Hall–Kier alpha value is -2.77. The lowest BCUT2D eigenvalue weighted by atomic mass is 9.96. The predicted molar refractivity (Wildman–Crippen MR) is 99.5 cm³/mol. The molecular weight excluding hydrogens is 344 g/mol. The van der Waals surface area contributed by atoms with Gasteiger partial charge in [-0.05, 0) is 32.4 Å². The molecule has 1 N–H and O–H groups in total. The summed E-state index contributed by atoms with van der Waals surface area (Å²) in [6, 6.07) is 5.92. The SMILES string of the molecule is CC(C)n1cnnc1CCNC(=O)C1CCC(=O)N(Cc2ccccn2)C1. The summed E-state index contributed by atoms with van der Waals surface area (Å²) in [6.07, 6.45) is 5.04. The van der Waals surface area contributed by atoms with Crippen LogP contribution in [-0.2, 0) is 22.6 Å². The van der Waals surface area contributed by atoms with Crippen molar-refractivity contribution < 1.29 is 9.59 Å². The van der Waals surface area contributed by atoms with Crippen LogP contribution in [0.15, 0.2) is 30.7 Å². The lowest BCUT2D eigenvalue weighted by Gasteiger charge is -2.31. The Bertz CT molecular complexity index is 774. The maximum atomic E-state index is 12.5. The zero-order valence-corrected chi connectivity index (χ0v) is 15.8. The van der Waals surface area contributed by atoms with Crippen LogP contribution < -0.4 is 5.32 Å². The zero-order valence-electron chi connectivity index (χ0n) is 15.8. The third-order valence-electron chi connectivity index (χ3n) is 4.80. The van der Waals surface area contributed by atoms with E-state index in [9.17, 15) is 9.59 Å². The molecule has 8 nitrogen and oxygen atoms in total. The Morgan fingerprint density at radius 1 is 1.37 bits per heavy atom. The van der Waals surface area contributed by atoms with E-state index in [1.165, 1.54) is 0 Å². The second kappa shape index (κ2) is 8.75. The standard InChI is InChI=1S/C19H26N6O2/c1-14(2)25-13-22-23-17(25)8-10-21-19(27)15-6-7-18(26)24(11-15)12-16-5-3-4-9-20-16/h3-5,9,13-15H,6-8,10-12H2,1-2H3,(H,21,27). The fraction of sp³-hybridized carbons (Fsp3) is 0.526. The second-order valence-electron chi connectivity index (χ2n) is 7.12. The minimum absolute atomic E-state index is 0.0101. The first-order valence-corrected chi connectivity index (χ1v) is 9.38. The molecule has 0 spiro atoms. The van der Waals surface area contributed by atoms with Crippen LogP contribution in [0.2, 0.25) is 0 Å². The summed E-state index contributed by atoms with van der Waals surface area (Å²) in [5.41, 5.74) is 0.833. The summed E-state index contributed by atoms with van der Waals surface area (Å²) < 4.78 is 2.00. The third kappa shape index (κ3) is 4.90. The third-order valence-corrected chi connectivity index (χ3v) is 4.80. The van der Waals surface area contributed by atoms with E-state index in [2.05, 4.69) is 34.3 Å². The van der Waals surface area contributed by atoms with E-state index in [4.69, 9.17) is 0 Å². The number of nitrogens with zero attached hydrogens (tertiary/aromatic N) is 5. The van der Waals surface area contributed by atoms with Crippen molar-refractivity contribution in [2.75, 3.05) is 13.1 Å². The zero-order chi connectivity index (χ0) is 19.2. The van der Waals surface area contributed by atoms with Crippen molar-refractivity contribution in [3.05, 3.63) is 42.2 Å². The Morgan fingerprint density at radius 3 is 2.96 bits per heavy atom. The molecule has 1 fully saturated rings. The smallest absolute Gasteiger partial charge is 0.224 e. The number of rotatable bonds is 7. The predicted octanol–water partition coefficient (Wildman–Crippen LogP) is 1.35. The summed E-state index contributed by atoms with van der Waals surface area (Å²) in [5, 5.41) is 11.0. The highest BCUT2D eigenvalue weighted by atomic mass is 16.2. The van der Waals surface area contributed by atoms with Crippen molar-refractivity contribution in [2.45, 2.75) is 45.7 Å². The number of hydrogen-bond acceptors (Lipinski definition) is 5. The number of carbonyl (C=O) groups excluding carboxylic acids is 2. The molecule has 1 aliphatic rings. The molecule has 3 rings (SSSR count). The molecule has 1 atom stereocenters. The molecule has 1 aliphatic heterocycles. The van der Waals surface area contributed by atoms with Crippen LogP contribution in [0.3, 0.4) is 0 Å². The number of nitrogens with one attached hydrogen (secondary N) is 1. The number of aromatic nitrogens is 4. The minimum Gasteiger partial charge on any atom is -0.355 e. The largest absolute Gasteiger partial charge is 0.355 e. The minimum atomic E-state index is -0.186. The molecule has 27 heavy (non-hydrogen) atoms. The summed E-state index contributed by atoms with van der Waals surface area (Å²) in [7, 11) is 0. The van der Waals surface area contributed by atoms with Gasteiger partial charge >= 0.3 is 0 Å². The van der Waals surface area contributed by atoms with Crippen LogP contribution in [0, 0.1) is 5.92 Å². The molecular formula is C19H26N6O2. The fourth-order valence-electron chi connectivity index (χ4n) is 3.29. The van der Waals surface area contributed by atoms with Crippen LogP contribution in [0.1, 0.15) is 44.2 Å². The highest BCUT2D eigenvalue weighted by Gasteiger charge is 2.30. The number of carbonyl (C=O) groups is 2. The van der Waals surface area contributed by atoms with Crippen LogP contribution in [0.25, 0.3) is 0 Å². The van der Waals surface area contributed by atoms with E-state index in [0.717, 1.165) is 11.5 Å². The molecule has 0 aliphatic carbocycles. The van der Waals surface area contributed by atoms with E-state index in [0.29, 0.717) is 38.9 Å². The van der Waals surface area contributed by atoms with Gasteiger partial charge in [0.2, 0.25) is 11.8 Å². The van der Waals surface area contributed by atoms with E-state index >= 15 is 0 Å². The van der Waals surface area contributed by atoms with Gasteiger partial charge < -0.3 is 14.8 Å². The molecule has 0 saturated carbocycles. The van der Waals surface area contributed by atoms with Crippen LogP contribution >= 0.6 is 0 Å². The number of pyridine rings is 1. The van der Waals surface area contributed by atoms with Gasteiger partial charge in [0.25, 0.3) is 0 Å². The highest BCUT2D eigenvalue weighted by molar-refractivity contribution is 5.83. The summed E-state index contributed by atoms with van der Waals surface area (Å²) in [4.78, 5) is 30.7. The average Bonchev–Trinajstić information content (AvgIpc) is 3.13. The maximum Gasteiger partial charge on any atom is 0.224 e. The molecule has 2 amide bonds. The van der Waals surface area contributed by atoms with E-state index < -0.39 is 0 Å². The monoisotopic (exact) mass is 370 g/mol. The molecule has 1 saturated heterocycles. The quantitative estimate of drug-likeness (QED) is 0.794. The van der Waals surface area contributed by atoms with Gasteiger partial charge in [0, 0.05) is 38.2 Å². The van der Waals surface area contributed by atoms with Crippen molar-refractivity contribution >= 4 is 11.8 Å². The van der Waals surface area contributed by atoms with Gasteiger partial charge in [-0.15, -0.1) is 10.2 Å². The number of amides is 2. The van der Waals surface area contributed by atoms with E-state index in [1.54, 1.807) is 17.4 Å². The van der Waals surface area contributed by atoms with Crippen LogP contribution in [0.4, 0.5) is 0 Å². The maximum absolute atomic E-state index is 12.5. The van der Waals surface area contributed by atoms with Crippen LogP contribution in [-0.4, -0.2) is 49.6 Å². The highest BCUT2D eigenvalue weighted by Crippen LogP contribution is 2.19. The van der Waals surface area contributed by atoms with Crippen LogP contribution in [0.5, 0.6) is 0 Å². The summed E-state index contributed by atoms with van der Waals surface area (Å²) >= 11 is 0. The Labute approximate surface area is 159 Å². The molecule has 144 valence electrons. The first-order valence-electron chi connectivity index (χ1n) is 9.38. The van der Waals surface area contributed by atoms with E-state index in [-0.39, 0.29) is 23.8 Å². The molecule has 2 aromatic heterocycles. The topological polar surface area (TPSA) is 93.0 Å². The van der Waals surface area contributed by atoms with Crippen molar-refractivity contribution in [3.8, 4) is 0 Å². The number of likely N-dealkylation sites (tertiary alicyclic amines) is 1. The Kier molecular flexibility index (Phi) is 6.16. The first-order chi connectivity index (χ1) is 13.0. The lowest BCUT2D eigenvalue weighted by Crippen LogP contribution is -2.45. The first kappa shape index (κ1) is 19.0. The van der Waals surface area contributed by atoms with E-state index in [1.807, 2.05) is 22.8 Å². The van der Waals surface area contributed by atoms with Gasteiger partial charge in [0.15, 0.2) is 0 Å². The Balaban J connectivity index is 1.50. The normalized spacial score (nSPS) is 17.4. The fourth-order valence-corrected chi connectivity index (χ4v) is 3.29. The van der Waals surface area contributed by atoms with Gasteiger partial charge in [-0.2, -0.15) is 0 Å². The van der Waals surface area contributed by atoms with Crippen molar-refractivity contribution in [3.63, 3.8) is 0 Å². The van der Waals surface area contributed by atoms with Gasteiger partial charge in [-0.25, -0.2) is 0 Å². The molecule has 0 aromatic carbocycles. The molecule has 2 aromatic rings. The molecule has 8 heteroatoms. The van der Waals surface area contributed by atoms with Gasteiger partial charge in [-0.1, -0.05) is 6.07 Å². The van der Waals surface area contributed by atoms with Crippen molar-refractivity contribution in [1.82, 2.24) is 30.0 Å². The summed E-state index contributed by atoms with van der Waals surface area (Å²) in [6.45, 7) is 5.53. The second-order valence-corrected chi connectivity index (χ2v) is 7.12. The molecule has 0 radical (unpaired) electrons. The lowest BCUT2D eigenvalue weighted by molar-refractivity contribution is -0.138. The number of hydrogen-bond donors (Lipinski definition) is 1. The van der Waals surface area contributed by atoms with Gasteiger partial charge in [0.1, 0.15) is 12.2 Å². The van der Waals surface area contributed by atoms with Gasteiger partial charge in [-0.3, -0.25) is 14.6 Å². The van der Waals surface area contributed by atoms with Crippen molar-refractivity contribution in [1.29, 1.82) is 0 Å². The van der Waals surface area contributed by atoms with Gasteiger partial charge in [0.05, 0.1) is 18.2 Å².